The Balaban J connectivity index is 1.02. The number of rotatable bonds is 34. The Labute approximate surface area is 684 Å². The van der Waals surface area contributed by atoms with Crippen molar-refractivity contribution in [3.05, 3.63) is 51.1 Å². The van der Waals surface area contributed by atoms with Crippen molar-refractivity contribution in [2.45, 2.75) is 234 Å². The summed E-state index contributed by atoms with van der Waals surface area (Å²) in [5, 5.41) is 0. The van der Waals surface area contributed by atoms with Crippen LogP contribution in [0.4, 0.5) is 0 Å². The van der Waals surface area contributed by atoms with Crippen LogP contribution >= 0.6 is 20.6 Å². The summed E-state index contributed by atoms with van der Waals surface area (Å²) in [7, 11) is 28.5. The Bertz CT molecular complexity index is 3170. The number of carbonyl (C=O) groups excluding carboxylic acids is 1. The molecule has 24 rings (SSSR count). The van der Waals surface area contributed by atoms with Gasteiger partial charge in [0, 0.05) is 128 Å². The number of methoxy groups -OCH3 is 19. The number of carbonyl (C=O) groups is 1. The minimum atomic E-state index is -3.07. The number of hydrogen-bond donors (Lipinski definition) is 2. The predicted octanol–water partition coefficient (Wildman–Crippen LogP) is 0.471. The van der Waals surface area contributed by atoms with Crippen LogP contribution in [0.3, 0.4) is 0 Å². The second kappa shape index (κ2) is 45.7. The van der Waals surface area contributed by atoms with Crippen LogP contribution in [-0.4, -0.2) is 422 Å². The molecule has 2 aromatic rings. The topological polar surface area (TPSA) is 398 Å². The summed E-state index contributed by atoms with van der Waals surface area (Å²) < 4.78 is 248. The molecule has 21 saturated heterocycles. The van der Waals surface area contributed by atoms with E-state index in [4.69, 9.17) is 169 Å². The van der Waals surface area contributed by atoms with Crippen LogP contribution in [0.15, 0.2) is 30.7 Å². The largest absolute Gasteiger partial charge is 0.376 e. The van der Waals surface area contributed by atoms with Crippen LogP contribution in [0, 0.1) is 3.57 Å². The molecule has 21 fully saturated rings. The molecule has 35 unspecified atom stereocenters. The van der Waals surface area contributed by atoms with Gasteiger partial charge in [-0.05, 0) is 0 Å². The summed E-state index contributed by atoms with van der Waals surface area (Å²) in [4.78, 5) is 20.3. The first-order valence-corrected chi connectivity index (χ1v) is 41.3. The molecule has 1 aromatic carbocycles. The molecule has 23 heterocycles. The van der Waals surface area contributed by atoms with Gasteiger partial charge in [-0.3, -0.25) is 0 Å². The van der Waals surface area contributed by atoms with Crippen molar-refractivity contribution in [3.63, 3.8) is 0 Å². The second-order valence-corrected chi connectivity index (χ2v) is 31.7. The van der Waals surface area contributed by atoms with E-state index in [9.17, 15) is 8.23 Å². The Kier molecular flexibility index (Phi) is 37.0. The van der Waals surface area contributed by atoms with E-state index in [2.05, 4.69) is 9.97 Å². The maximum Gasteiger partial charge on any atom is 0.138 e. The first-order valence-electron chi connectivity index (χ1n) is 38.4. The van der Waals surface area contributed by atoms with Gasteiger partial charge in [-0.2, -0.15) is 0 Å². The molecule has 0 saturated carbocycles. The molecule has 2 N–H and O–H groups in total. The minimum Gasteiger partial charge on any atom is -0.376 e. The van der Waals surface area contributed by atoms with Crippen molar-refractivity contribution in [2.24, 2.45) is 0 Å². The second-order valence-electron chi connectivity index (χ2n) is 28.8. The fourth-order valence-electron chi connectivity index (χ4n) is 16.9. The number of fused-ring (bicyclic) bond motifs is 1. The number of aromatic amines is 1. The zero-order valence-corrected chi connectivity index (χ0v) is 71.4. The SMILES string of the molecule is COCC1OC2OC3C(COC)OC(OC4C(COC)OC(OC5C(COC)OC(OC6C(COC)OC(OC7C(COC)OC(OC8C(COC)OC(OC1C(OC)C2OC)C(OC)C8OC)C(OC)C7OC)C(OC)C6OCCCc1ccc2c(c1)C(=O)OI2O)C(OCc1cnc[nH]1)C5OC)C(OC)C4OC)C(OC)C3OC. The molecule has 22 aliphatic rings. The number of H-pyrrole nitrogens is 1. The third-order valence-electron chi connectivity index (χ3n) is 22.2. The average Bonchev–Trinajstić information content (AvgIpc) is 1.10. The summed E-state index contributed by atoms with van der Waals surface area (Å²) in [5.41, 5.74) is 1.72. The quantitative estimate of drug-likeness (QED) is 0.0710. The van der Waals surface area contributed by atoms with Crippen molar-refractivity contribution in [1.29, 1.82) is 0 Å². The average molecular weight is 1790 g/mol. The van der Waals surface area contributed by atoms with Crippen LogP contribution in [0.5, 0.6) is 0 Å². The molecule has 0 spiro atoms. The summed E-state index contributed by atoms with van der Waals surface area (Å²) in [6, 6.07) is 5.32. The molecule has 40 nitrogen and oxygen atoms in total. The number of nitrogens with one attached hydrogen (secondary N) is 1. The molecule has 0 amide bonds. The van der Waals surface area contributed by atoms with Crippen LogP contribution in [0.1, 0.15) is 28.0 Å². The van der Waals surface area contributed by atoms with Gasteiger partial charge in [0.2, 0.25) is 0 Å². The van der Waals surface area contributed by atoms with Gasteiger partial charge in [0.1, 0.15) is 146 Å². The summed E-state index contributed by atoms with van der Waals surface area (Å²) >= 11 is -3.07. The standard InChI is InChI=1S/C75H121IN2O38/c1-81-28-40-47-54(88-8)61(94-14)69(102-40)110-48-41(29-82-2)104-71(63(96-16)55(48)89-9)112-50-43(31-84-4)106-73(65(98-18)57(50)91-11)114-52-45(33-86-6)108-75(67(59(52)93-13)101-27-37-26-77-35-78-37)115-53-46(34-87-7)107-74(66(99-19)60(53)100-24-20-21-36-22-23-39-38(25-36)68(79)116-76(39)80)113-51-44(32-85-5)105-72(64(97-17)58(51)92-12)111-49-42(30-83-3)103-70(109-47)62(95-15)56(49)90-10/h22-23,25-26,35,40-67,69-75,80H,20-21,24,27-34H2,1-19H3,(H,77,78). The molecule has 0 radical (unpaired) electrons. The van der Waals surface area contributed by atoms with Crippen molar-refractivity contribution in [3.8, 4) is 0 Å². The fraction of sp³-hybridized carbons (Fsp3) is 0.867. The third kappa shape index (κ3) is 20.9. The maximum absolute atomic E-state index is 12.9. The summed E-state index contributed by atoms with van der Waals surface area (Å²) in [5.74, 6) is -0.565. The first kappa shape index (κ1) is 93.9. The summed E-state index contributed by atoms with van der Waals surface area (Å²) in [6.07, 6.45) is -34.8. The van der Waals surface area contributed by atoms with E-state index in [1.807, 2.05) is 6.07 Å². The Morgan fingerprint density at radius 3 is 0.905 bits per heavy atom. The number of halogens is 1. The molecule has 35 atom stereocenters. The number of hydrogen-bond acceptors (Lipinski definition) is 39. The van der Waals surface area contributed by atoms with Crippen LogP contribution < -0.4 is 0 Å². The smallest absolute Gasteiger partial charge is 0.138 e. The monoisotopic (exact) mass is 1780 g/mol. The van der Waals surface area contributed by atoms with Crippen molar-refractivity contribution >= 4 is 26.6 Å². The van der Waals surface area contributed by atoms with Gasteiger partial charge in [0.05, 0.1) is 64.5 Å². The predicted molar refractivity (Wildman–Crippen MR) is 399 cm³/mol. The van der Waals surface area contributed by atoms with Gasteiger partial charge < -0.3 is 147 Å². The van der Waals surface area contributed by atoms with Gasteiger partial charge >= 0.3 is 165 Å². The molecule has 0 aliphatic carbocycles. The van der Waals surface area contributed by atoms with Crippen LogP contribution in [0.2, 0.25) is 0 Å². The third-order valence-corrected chi connectivity index (χ3v) is 25.0. The van der Waals surface area contributed by atoms with E-state index in [0.29, 0.717) is 27.7 Å². The number of ether oxygens (including phenoxy) is 35. The number of aromatic nitrogens is 2. The Morgan fingerprint density at radius 2 is 0.629 bits per heavy atom. The molecule has 666 valence electrons. The van der Waals surface area contributed by atoms with Crippen LogP contribution in [-0.2, 0) is 182 Å². The Hall–Kier alpha value is -2.81. The van der Waals surface area contributed by atoms with Gasteiger partial charge in [-0.25, -0.2) is 4.98 Å². The normalized spacial score (nSPS) is 41.5. The van der Waals surface area contributed by atoms with Gasteiger partial charge in [-0.15, -0.1) is 0 Å². The first-order chi connectivity index (χ1) is 56.5. The van der Waals surface area contributed by atoms with Crippen molar-refractivity contribution in [1.82, 2.24) is 9.97 Å². The van der Waals surface area contributed by atoms with Gasteiger partial charge in [0.25, 0.3) is 0 Å². The molecule has 22 aliphatic heterocycles. The van der Waals surface area contributed by atoms with Gasteiger partial charge in [-0.1, -0.05) is 0 Å². The van der Waals surface area contributed by atoms with E-state index in [-0.39, 0.29) is 59.5 Å². The molecular formula is C75H121IN2O38. The number of imidazole rings is 1. The van der Waals surface area contributed by atoms with E-state index in [1.165, 1.54) is 141 Å². The summed E-state index contributed by atoms with van der Waals surface area (Å²) in [6.45, 7) is -0.645. The van der Waals surface area contributed by atoms with E-state index in [1.54, 1.807) is 18.3 Å². The molecule has 14 bridgehead atoms. The van der Waals surface area contributed by atoms with Crippen LogP contribution in [0.25, 0.3) is 0 Å². The number of nitrogens with zero attached hydrogens (tertiary/aromatic N) is 1. The van der Waals surface area contributed by atoms with E-state index >= 15 is 0 Å². The van der Waals surface area contributed by atoms with Crippen molar-refractivity contribution in [2.75, 3.05) is 188 Å². The van der Waals surface area contributed by atoms with Crippen molar-refractivity contribution < 1.29 is 177 Å². The molecular weight excluding hydrogens is 1660 g/mol. The molecule has 1 aromatic heterocycles. The molecule has 116 heavy (non-hydrogen) atoms. The Morgan fingerprint density at radius 1 is 0.353 bits per heavy atom. The zero-order chi connectivity index (χ0) is 82.9. The zero-order valence-electron chi connectivity index (χ0n) is 69.2. The van der Waals surface area contributed by atoms with Gasteiger partial charge in [0.15, 0.2) is 31.5 Å². The minimum absolute atomic E-state index is 0.0627. The van der Waals surface area contributed by atoms with E-state index < -0.39 is 242 Å². The van der Waals surface area contributed by atoms with E-state index in [0.717, 1.165) is 5.56 Å². The number of benzene rings is 1. The number of aryl methyl sites for hydroxylation is 1. The fourth-order valence-corrected chi connectivity index (χ4v) is 19.1. The maximum atomic E-state index is 12.9. The molecule has 41 heteroatoms.